The van der Waals surface area contributed by atoms with Gasteiger partial charge in [-0.05, 0) is 37.1 Å². The van der Waals surface area contributed by atoms with Crippen molar-refractivity contribution in [1.29, 1.82) is 0 Å². The van der Waals surface area contributed by atoms with E-state index >= 15 is 0 Å². The topological polar surface area (TPSA) is 92.8 Å². The van der Waals surface area contributed by atoms with Gasteiger partial charge in [-0.1, -0.05) is 43.2 Å². The molecule has 1 amide bonds. The summed E-state index contributed by atoms with van der Waals surface area (Å²) in [6, 6.07) is 14.5. The molecule has 0 bridgehead atoms. The third-order valence-electron chi connectivity index (χ3n) is 4.92. The van der Waals surface area contributed by atoms with Crippen molar-refractivity contribution in [2.45, 2.75) is 36.6 Å². The average molecular weight is 416 g/mol. The van der Waals surface area contributed by atoms with Crippen LogP contribution in [0, 0.1) is 0 Å². The van der Waals surface area contributed by atoms with Crippen LogP contribution in [-0.4, -0.2) is 40.0 Å². The van der Waals surface area contributed by atoms with Crippen molar-refractivity contribution in [2.75, 3.05) is 18.0 Å². The predicted molar refractivity (Wildman–Crippen MR) is 109 cm³/mol. The summed E-state index contributed by atoms with van der Waals surface area (Å²) in [4.78, 5) is 24.3. The van der Waals surface area contributed by atoms with Gasteiger partial charge in [0.2, 0.25) is 0 Å². The molecule has 0 aliphatic heterocycles. The van der Waals surface area contributed by atoms with Crippen LogP contribution in [0.5, 0.6) is 0 Å². The number of rotatable bonds is 7. The van der Waals surface area contributed by atoms with Crippen molar-refractivity contribution in [2.24, 2.45) is 0 Å². The Labute approximate surface area is 170 Å². The Bertz CT molecular complexity index is 970. The number of carbonyl (C=O) groups is 2. The Kier molecular flexibility index (Phi) is 6.53. The van der Waals surface area contributed by atoms with Crippen molar-refractivity contribution in [3.05, 3.63) is 60.2 Å². The molecule has 29 heavy (non-hydrogen) atoms. The fourth-order valence-electron chi connectivity index (χ4n) is 3.33. The molecule has 8 heteroatoms. The molecule has 1 N–H and O–H groups in total. The summed E-state index contributed by atoms with van der Waals surface area (Å²) >= 11 is 0. The number of nitrogens with zero attached hydrogens (tertiary/aromatic N) is 1. The number of esters is 1. The molecule has 0 spiro atoms. The van der Waals surface area contributed by atoms with Crippen molar-refractivity contribution >= 4 is 27.6 Å². The summed E-state index contributed by atoms with van der Waals surface area (Å²) in [5, 5.41) is 2.83. The van der Waals surface area contributed by atoms with Gasteiger partial charge in [-0.25, -0.2) is 13.2 Å². The predicted octanol–water partition coefficient (Wildman–Crippen LogP) is 2.73. The van der Waals surface area contributed by atoms with Crippen molar-refractivity contribution in [1.82, 2.24) is 5.32 Å². The van der Waals surface area contributed by atoms with Crippen molar-refractivity contribution in [3.8, 4) is 0 Å². The van der Waals surface area contributed by atoms with Gasteiger partial charge >= 0.3 is 5.97 Å². The molecule has 0 unspecified atom stereocenters. The van der Waals surface area contributed by atoms with E-state index in [1.165, 1.54) is 25.2 Å². The fourth-order valence-corrected chi connectivity index (χ4v) is 4.71. The standard InChI is InChI=1S/C21H24N2O5S/c1-23(17-11-3-2-4-12-17)29(26,27)19-14-8-7-13-18(19)21(25)28-15-20(24)22-16-9-5-6-10-16/h2-4,7-8,11-14,16H,5-6,9-10,15H2,1H3,(H,22,24). The first-order valence-electron chi connectivity index (χ1n) is 9.49. The summed E-state index contributed by atoms with van der Waals surface area (Å²) < 4.78 is 32.3. The van der Waals surface area contributed by atoms with Crippen LogP contribution < -0.4 is 9.62 Å². The van der Waals surface area contributed by atoms with E-state index in [1.54, 1.807) is 36.4 Å². The van der Waals surface area contributed by atoms with Crippen LogP contribution in [0.3, 0.4) is 0 Å². The van der Waals surface area contributed by atoms with Crippen molar-refractivity contribution in [3.63, 3.8) is 0 Å². The van der Waals surface area contributed by atoms with Crippen LogP contribution in [0.1, 0.15) is 36.0 Å². The molecular weight excluding hydrogens is 392 g/mol. The van der Waals surface area contributed by atoms with Gasteiger partial charge in [0.1, 0.15) is 4.90 Å². The Morgan fingerprint density at radius 3 is 2.34 bits per heavy atom. The van der Waals surface area contributed by atoms with E-state index in [0.717, 1.165) is 30.0 Å². The number of carbonyl (C=O) groups excluding carboxylic acids is 2. The SMILES string of the molecule is CN(c1ccccc1)S(=O)(=O)c1ccccc1C(=O)OCC(=O)NC1CCCC1. The van der Waals surface area contributed by atoms with Crippen LogP contribution in [0.15, 0.2) is 59.5 Å². The van der Waals surface area contributed by atoms with Crippen LogP contribution in [-0.2, 0) is 19.6 Å². The number of para-hydroxylation sites is 1. The molecule has 0 saturated heterocycles. The number of hydrogen-bond acceptors (Lipinski definition) is 5. The maximum absolute atomic E-state index is 13.1. The molecule has 0 atom stereocenters. The van der Waals surface area contributed by atoms with Gasteiger partial charge in [0.05, 0.1) is 11.3 Å². The van der Waals surface area contributed by atoms with E-state index in [-0.39, 0.29) is 22.4 Å². The minimum atomic E-state index is -3.99. The summed E-state index contributed by atoms with van der Waals surface area (Å²) in [5.41, 5.74) is 0.357. The largest absolute Gasteiger partial charge is 0.452 e. The second-order valence-electron chi connectivity index (χ2n) is 6.93. The van der Waals surface area contributed by atoms with E-state index in [0.29, 0.717) is 5.69 Å². The lowest BCUT2D eigenvalue weighted by molar-refractivity contribution is -0.124. The van der Waals surface area contributed by atoms with E-state index in [1.807, 2.05) is 0 Å². The lowest BCUT2D eigenvalue weighted by Crippen LogP contribution is -2.36. The van der Waals surface area contributed by atoms with Crippen molar-refractivity contribution < 1.29 is 22.7 Å². The van der Waals surface area contributed by atoms with Crippen LogP contribution >= 0.6 is 0 Å². The monoisotopic (exact) mass is 416 g/mol. The molecule has 0 heterocycles. The highest BCUT2D eigenvalue weighted by molar-refractivity contribution is 7.92. The van der Waals surface area contributed by atoms with Gasteiger partial charge in [0.25, 0.3) is 15.9 Å². The molecule has 3 rings (SSSR count). The Morgan fingerprint density at radius 2 is 1.66 bits per heavy atom. The molecule has 1 aliphatic rings. The number of amides is 1. The average Bonchev–Trinajstić information content (AvgIpc) is 3.25. The zero-order valence-electron chi connectivity index (χ0n) is 16.2. The van der Waals surface area contributed by atoms with E-state index in [9.17, 15) is 18.0 Å². The molecule has 2 aromatic carbocycles. The Morgan fingerprint density at radius 1 is 1.03 bits per heavy atom. The van der Waals surface area contributed by atoms with Gasteiger partial charge in [-0.15, -0.1) is 0 Å². The second-order valence-corrected chi connectivity index (χ2v) is 8.87. The van der Waals surface area contributed by atoms with E-state index in [4.69, 9.17) is 4.74 Å². The number of anilines is 1. The number of nitrogens with one attached hydrogen (secondary N) is 1. The van der Waals surface area contributed by atoms with Crippen LogP contribution in [0.4, 0.5) is 5.69 Å². The van der Waals surface area contributed by atoms with Crippen LogP contribution in [0.2, 0.25) is 0 Å². The maximum atomic E-state index is 13.1. The van der Waals surface area contributed by atoms with Gasteiger partial charge in [-0.2, -0.15) is 0 Å². The number of benzene rings is 2. The van der Waals surface area contributed by atoms with Gasteiger partial charge in [0.15, 0.2) is 6.61 Å². The molecule has 1 saturated carbocycles. The minimum absolute atomic E-state index is 0.107. The quantitative estimate of drug-likeness (QED) is 0.701. The van der Waals surface area contributed by atoms with Gasteiger partial charge < -0.3 is 10.1 Å². The second kappa shape index (κ2) is 9.09. The Hall–Kier alpha value is -2.87. The lowest BCUT2D eigenvalue weighted by atomic mass is 10.2. The zero-order valence-corrected chi connectivity index (χ0v) is 17.0. The normalized spacial score (nSPS) is 14.4. The van der Waals surface area contributed by atoms with E-state index < -0.39 is 22.6 Å². The van der Waals surface area contributed by atoms with Gasteiger partial charge in [-0.3, -0.25) is 9.10 Å². The van der Waals surface area contributed by atoms with Gasteiger partial charge in [0, 0.05) is 13.1 Å². The molecule has 154 valence electrons. The third-order valence-corrected chi connectivity index (χ3v) is 6.76. The summed E-state index contributed by atoms with van der Waals surface area (Å²) in [5.74, 6) is -1.24. The molecule has 0 aromatic heterocycles. The molecule has 1 aliphatic carbocycles. The fraction of sp³-hybridized carbons (Fsp3) is 0.333. The smallest absolute Gasteiger partial charge is 0.340 e. The highest BCUT2D eigenvalue weighted by Crippen LogP contribution is 2.25. The first kappa shape index (κ1) is 20.9. The maximum Gasteiger partial charge on any atom is 0.340 e. The van der Waals surface area contributed by atoms with Crippen LogP contribution in [0.25, 0.3) is 0 Å². The number of sulfonamides is 1. The third kappa shape index (κ3) is 4.95. The van der Waals surface area contributed by atoms with E-state index in [2.05, 4.69) is 5.32 Å². The molecule has 7 nitrogen and oxygen atoms in total. The minimum Gasteiger partial charge on any atom is -0.452 e. The highest BCUT2D eigenvalue weighted by atomic mass is 32.2. The number of hydrogen-bond donors (Lipinski definition) is 1. The summed E-state index contributed by atoms with van der Waals surface area (Å²) in [6.45, 7) is -0.446. The molecule has 1 fully saturated rings. The summed E-state index contributed by atoms with van der Waals surface area (Å²) in [6.07, 6.45) is 4.00. The molecular formula is C21H24N2O5S. The first-order chi connectivity index (χ1) is 13.9. The molecule has 2 aromatic rings. The zero-order chi connectivity index (χ0) is 20.9. The first-order valence-corrected chi connectivity index (χ1v) is 10.9. The summed E-state index contributed by atoms with van der Waals surface area (Å²) in [7, 11) is -2.57. The highest BCUT2D eigenvalue weighted by Gasteiger charge is 2.28. The number of ether oxygens (including phenoxy) is 1. The molecule has 0 radical (unpaired) electrons. The Balaban J connectivity index is 1.74. The lowest BCUT2D eigenvalue weighted by Gasteiger charge is -2.21.